The maximum Gasteiger partial charge on any atom is 0.267 e. The third-order valence-electron chi connectivity index (χ3n) is 5.33. The second-order valence-corrected chi connectivity index (χ2v) is 7.24. The third kappa shape index (κ3) is 3.95. The average molecular weight is 359 g/mol. The van der Waals surface area contributed by atoms with Gasteiger partial charge in [-0.3, -0.25) is 4.79 Å². The number of benzene rings is 2. The van der Waals surface area contributed by atoms with Crippen LogP contribution in [0.2, 0.25) is 0 Å². The maximum atomic E-state index is 12.3. The zero-order valence-corrected chi connectivity index (χ0v) is 15.8. The fourth-order valence-corrected chi connectivity index (χ4v) is 3.66. The number of aromatic nitrogens is 2. The van der Waals surface area contributed by atoms with Gasteiger partial charge in [0.05, 0.1) is 12.2 Å². The average Bonchev–Trinajstić information content (AvgIpc) is 2.72. The molecule has 1 fully saturated rings. The Kier molecular flexibility index (Phi) is 5.05. The van der Waals surface area contributed by atoms with Crippen molar-refractivity contribution in [1.29, 1.82) is 0 Å². The first-order valence-electron chi connectivity index (χ1n) is 9.69. The number of nitrogens with zero attached hydrogens (tertiary/aromatic N) is 3. The SMILES string of the molecule is Cc1ccccc1Cn1nc(-c2ccc(N3CCCCC3)cc2)ccc1=O. The second kappa shape index (κ2) is 7.78. The topological polar surface area (TPSA) is 38.1 Å². The van der Waals surface area contributed by atoms with Gasteiger partial charge in [0.15, 0.2) is 0 Å². The summed E-state index contributed by atoms with van der Waals surface area (Å²) in [5.74, 6) is 0. The monoisotopic (exact) mass is 359 g/mol. The Morgan fingerprint density at radius 3 is 2.37 bits per heavy atom. The van der Waals surface area contributed by atoms with Crippen molar-refractivity contribution in [2.75, 3.05) is 18.0 Å². The maximum absolute atomic E-state index is 12.3. The normalized spacial score (nSPS) is 14.3. The number of piperidine rings is 1. The minimum absolute atomic E-state index is 0.0769. The predicted molar refractivity (Wildman–Crippen MR) is 110 cm³/mol. The molecule has 2 heterocycles. The van der Waals surface area contributed by atoms with Crippen LogP contribution in [0, 0.1) is 6.92 Å². The zero-order chi connectivity index (χ0) is 18.6. The van der Waals surface area contributed by atoms with Crippen molar-refractivity contribution in [3.8, 4) is 11.3 Å². The second-order valence-electron chi connectivity index (χ2n) is 7.24. The Hall–Kier alpha value is -2.88. The van der Waals surface area contributed by atoms with E-state index < -0.39 is 0 Å². The van der Waals surface area contributed by atoms with Crippen molar-refractivity contribution >= 4 is 5.69 Å². The molecule has 27 heavy (non-hydrogen) atoms. The minimum Gasteiger partial charge on any atom is -0.372 e. The van der Waals surface area contributed by atoms with Crippen LogP contribution in [0.3, 0.4) is 0 Å². The van der Waals surface area contributed by atoms with Crippen LogP contribution in [-0.4, -0.2) is 22.9 Å². The highest BCUT2D eigenvalue weighted by Gasteiger charge is 2.11. The van der Waals surface area contributed by atoms with E-state index in [1.54, 1.807) is 10.7 Å². The smallest absolute Gasteiger partial charge is 0.267 e. The van der Waals surface area contributed by atoms with E-state index in [2.05, 4.69) is 47.3 Å². The Balaban J connectivity index is 1.59. The van der Waals surface area contributed by atoms with Gasteiger partial charge in [-0.2, -0.15) is 5.10 Å². The molecule has 4 nitrogen and oxygen atoms in total. The lowest BCUT2D eigenvalue weighted by atomic mass is 10.1. The quantitative estimate of drug-likeness (QED) is 0.699. The number of aryl methyl sites for hydroxylation is 1. The van der Waals surface area contributed by atoms with Crippen LogP contribution in [0.4, 0.5) is 5.69 Å². The predicted octanol–water partition coefficient (Wildman–Crippen LogP) is 4.26. The molecule has 0 saturated carbocycles. The van der Waals surface area contributed by atoms with E-state index in [0.717, 1.165) is 29.9 Å². The molecule has 0 amide bonds. The molecule has 0 spiro atoms. The van der Waals surface area contributed by atoms with Gasteiger partial charge < -0.3 is 4.90 Å². The molecule has 1 aromatic heterocycles. The number of hydrogen-bond donors (Lipinski definition) is 0. The first kappa shape index (κ1) is 17.5. The summed E-state index contributed by atoms with van der Waals surface area (Å²) in [5.41, 5.74) is 5.34. The molecule has 0 aliphatic carbocycles. The molecule has 138 valence electrons. The molecule has 3 aromatic rings. The standard InChI is InChI=1S/C23H25N3O/c1-18-7-3-4-8-20(18)17-26-23(27)14-13-22(24-26)19-9-11-21(12-10-19)25-15-5-2-6-16-25/h3-4,7-14H,2,5-6,15-17H2,1H3. The van der Waals surface area contributed by atoms with Crippen molar-refractivity contribution in [1.82, 2.24) is 9.78 Å². The third-order valence-corrected chi connectivity index (χ3v) is 5.33. The summed E-state index contributed by atoms with van der Waals surface area (Å²) in [6, 6.07) is 20.1. The fraction of sp³-hybridized carbons (Fsp3) is 0.304. The fourth-order valence-electron chi connectivity index (χ4n) is 3.66. The van der Waals surface area contributed by atoms with E-state index in [4.69, 9.17) is 0 Å². The van der Waals surface area contributed by atoms with Crippen LogP contribution >= 0.6 is 0 Å². The highest BCUT2D eigenvalue weighted by Crippen LogP contribution is 2.23. The molecular weight excluding hydrogens is 334 g/mol. The van der Waals surface area contributed by atoms with Gasteiger partial charge in [-0.1, -0.05) is 36.4 Å². The van der Waals surface area contributed by atoms with Gasteiger partial charge in [-0.05, 0) is 55.5 Å². The van der Waals surface area contributed by atoms with Crippen LogP contribution in [-0.2, 0) is 6.54 Å². The summed E-state index contributed by atoms with van der Waals surface area (Å²) in [6.45, 7) is 4.83. The molecule has 0 bridgehead atoms. The van der Waals surface area contributed by atoms with Crippen molar-refractivity contribution in [2.45, 2.75) is 32.7 Å². The number of rotatable bonds is 4. The zero-order valence-electron chi connectivity index (χ0n) is 15.8. The van der Waals surface area contributed by atoms with Gasteiger partial charge in [-0.25, -0.2) is 4.68 Å². The lowest BCUT2D eigenvalue weighted by molar-refractivity contribution is 0.578. The van der Waals surface area contributed by atoms with Crippen molar-refractivity contribution in [3.63, 3.8) is 0 Å². The molecule has 4 rings (SSSR count). The van der Waals surface area contributed by atoms with Crippen molar-refractivity contribution in [2.24, 2.45) is 0 Å². The molecular formula is C23H25N3O. The van der Waals surface area contributed by atoms with Crippen LogP contribution < -0.4 is 10.5 Å². The summed E-state index contributed by atoms with van der Waals surface area (Å²) in [4.78, 5) is 14.7. The lowest BCUT2D eigenvalue weighted by Crippen LogP contribution is -2.29. The van der Waals surface area contributed by atoms with E-state index in [-0.39, 0.29) is 5.56 Å². The van der Waals surface area contributed by atoms with Crippen LogP contribution in [0.1, 0.15) is 30.4 Å². The van der Waals surface area contributed by atoms with Crippen molar-refractivity contribution in [3.05, 3.63) is 82.1 Å². The van der Waals surface area contributed by atoms with Gasteiger partial charge in [-0.15, -0.1) is 0 Å². The van der Waals surface area contributed by atoms with E-state index >= 15 is 0 Å². The van der Waals surface area contributed by atoms with E-state index in [1.807, 2.05) is 24.3 Å². The molecule has 0 unspecified atom stereocenters. The molecule has 2 aromatic carbocycles. The van der Waals surface area contributed by atoms with E-state index in [0.29, 0.717) is 6.54 Å². The Morgan fingerprint density at radius 2 is 1.63 bits per heavy atom. The summed E-state index contributed by atoms with van der Waals surface area (Å²) < 4.78 is 1.55. The van der Waals surface area contributed by atoms with Gasteiger partial charge in [0.25, 0.3) is 5.56 Å². The molecule has 4 heteroatoms. The van der Waals surface area contributed by atoms with E-state index in [9.17, 15) is 4.79 Å². The summed E-state index contributed by atoms with van der Waals surface area (Å²) >= 11 is 0. The van der Waals surface area contributed by atoms with Crippen molar-refractivity contribution < 1.29 is 0 Å². The summed E-state index contributed by atoms with van der Waals surface area (Å²) in [6.07, 6.45) is 3.88. The molecule has 0 N–H and O–H groups in total. The van der Waals surface area contributed by atoms with Crippen LogP contribution in [0.15, 0.2) is 65.5 Å². The number of anilines is 1. The number of hydrogen-bond acceptors (Lipinski definition) is 3. The highest BCUT2D eigenvalue weighted by atomic mass is 16.1. The molecule has 1 saturated heterocycles. The van der Waals surface area contributed by atoms with Crippen LogP contribution in [0.25, 0.3) is 11.3 Å². The molecule has 0 atom stereocenters. The molecule has 0 radical (unpaired) electrons. The highest BCUT2D eigenvalue weighted by molar-refractivity contribution is 5.62. The van der Waals surface area contributed by atoms with Gasteiger partial charge in [0.2, 0.25) is 0 Å². The molecule has 1 aliphatic rings. The summed E-state index contributed by atoms with van der Waals surface area (Å²) in [5, 5.41) is 4.61. The Bertz CT molecular complexity index is 969. The largest absolute Gasteiger partial charge is 0.372 e. The first-order chi connectivity index (χ1) is 13.2. The van der Waals surface area contributed by atoms with Gasteiger partial charge >= 0.3 is 0 Å². The van der Waals surface area contributed by atoms with E-state index in [1.165, 1.54) is 30.5 Å². The lowest BCUT2D eigenvalue weighted by Gasteiger charge is -2.28. The Labute approximate surface area is 160 Å². The van der Waals surface area contributed by atoms with Gasteiger partial charge in [0.1, 0.15) is 0 Å². The molecule has 1 aliphatic heterocycles. The van der Waals surface area contributed by atoms with Crippen LogP contribution in [0.5, 0.6) is 0 Å². The minimum atomic E-state index is -0.0769. The first-order valence-corrected chi connectivity index (χ1v) is 9.69. The Morgan fingerprint density at radius 1 is 0.889 bits per heavy atom. The van der Waals surface area contributed by atoms with Gasteiger partial charge in [0, 0.05) is 30.4 Å². The summed E-state index contributed by atoms with van der Waals surface area (Å²) in [7, 11) is 0.